The van der Waals surface area contributed by atoms with Gasteiger partial charge in [-0.25, -0.2) is 4.39 Å². The normalized spacial score (nSPS) is 12.3. The fourth-order valence-electron chi connectivity index (χ4n) is 1.91. The van der Waals surface area contributed by atoms with E-state index in [-0.39, 0.29) is 5.02 Å². The molecule has 0 radical (unpaired) electrons. The molecule has 2 rings (SSSR count). The van der Waals surface area contributed by atoms with Crippen LogP contribution in [0.3, 0.4) is 0 Å². The van der Waals surface area contributed by atoms with Crippen molar-refractivity contribution in [2.24, 2.45) is 5.73 Å². The first kappa shape index (κ1) is 15.6. The van der Waals surface area contributed by atoms with Crippen LogP contribution >= 0.6 is 39.1 Å². The lowest BCUT2D eigenvalue weighted by Gasteiger charge is -2.18. The fourth-order valence-corrected chi connectivity index (χ4v) is 3.10. The summed E-state index contributed by atoms with van der Waals surface area (Å²) in [6, 6.07) is 7.26. The summed E-state index contributed by atoms with van der Waals surface area (Å²) in [5, 5.41) is 0.550. The van der Waals surface area contributed by atoms with E-state index in [0.29, 0.717) is 26.4 Å². The number of nitrogens with two attached hydrogens (primary N) is 1. The van der Waals surface area contributed by atoms with E-state index >= 15 is 0 Å². The monoisotopic (exact) mass is 377 g/mol. The maximum Gasteiger partial charge on any atom is 0.141 e. The van der Waals surface area contributed by atoms with Gasteiger partial charge in [0.1, 0.15) is 11.6 Å². The lowest BCUT2D eigenvalue weighted by Crippen LogP contribution is -2.13. The highest BCUT2D eigenvalue weighted by Gasteiger charge is 2.18. The Balaban J connectivity index is 2.52. The molecule has 0 saturated carbocycles. The van der Waals surface area contributed by atoms with Crippen molar-refractivity contribution >= 4 is 39.1 Å². The maximum absolute atomic E-state index is 13.2. The SMILES string of the molecule is COc1c(Br)cc(Cl)cc1C(N)c1ccc(F)c(Cl)c1. The third-order valence-electron chi connectivity index (χ3n) is 2.88. The highest BCUT2D eigenvalue weighted by atomic mass is 79.9. The molecule has 0 spiro atoms. The van der Waals surface area contributed by atoms with E-state index in [0.717, 1.165) is 0 Å². The van der Waals surface area contributed by atoms with Gasteiger partial charge in [0.15, 0.2) is 0 Å². The predicted octanol–water partition coefficient (Wildman–Crippen LogP) is 4.95. The summed E-state index contributed by atoms with van der Waals surface area (Å²) < 4.78 is 19.2. The van der Waals surface area contributed by atoms with Gasteiger partial charge in [0, 0.05) is 10.6 Å². The van der Waals surface area contributed by atoms with E-state index in [1.165, 1.54) is 12.1 Å². The topological polar surface area (TPSA) is 35.2 Å². The molecular weight excluding hydrogens is 368 g/mol. The van der Waals surface area contributed by atoms with Gasteiger partial charge in [0.25, 0.3) is 0 Å². The van der Waals surface area contributed by atoms with Gasteiger partial charge < -0.3 is 10.5 Å². The van der Waals surface area contributed by atoms with E-state index < -0.39 is 11.9 Å². The zero-order valence-corrected chi connectivity index (χ0v) is 13.6. The fraction of sp³-hybridized carbons (Fsp3) is 0.143. The van der Waals surface area contributed by atoms with Crippen molar-refractivity contribution in [1.29, 1.82) is 0 Å². The van der Waals surface area contributed by atoms with Gasteiger partial charge in [0.05, 0.1) is 22.6 Å². The molecule has 0 bridgehead atoms. The molecule has 0 heterocycles. The van der Waals surface area contributed by atoms with Crippen molar-refractivity contribution in [1.82, 2.24) is 0 Å². The largest absolute Gasteiger partial charge is 0.495 e. The average Bonchev–Trinajstić information content (AvgIpc) is 2.40. The summed E-state index contributed by atoms with van der Waals surface area (Å²) in [6.45, 7) is 0. The van der Waals surface area contributed by atoms with Gasteiger partial charge in [0.2, 0.25) is 0 Å². The van der Waals surface area contributed by atoms with Gasteiger partial charge in [-0.15, -0.1) is 0 Å². The Bertz CT molecular complexity index is 651. The molecule has 1 unspecified atom stereocenters. The van der Waals surface area contributed by atoms with Gasteiger partial charge in [-0.3, -0.25) is 0 Å². The smallest absolute Gasteiger partial charge is 0.141 e. The number of rotatable bonds is 3. The van der Waals surface area contributed by atoms with Crippen molar-refractivity contribution < 1.29 is 9.13 Å². The van der Waals surface area contributed by atoms with Gasteiger partial charge in [-0.2, -0.15) is 0 Å². The molecule has 0 aromatic heterocycles. The third-order valence-corrected chi connectivity index (χ3v) is 3.98. The molecule has 2 aromatic rings. The van der Waals surface area contributed by atoms with E-state index in [4.69, 9.17) is 33.7 Å². The van der Waals surface area contributed by atoms with Crippen LogP contribution in [0.4, 0.5) is 4.39 Å². The highest BCUT2D eigenvalue weighted by Crippen LogP contribution is 2.37. The second kappa shape index (κ2) is 6.31. The first-order chi connectivity index (χ1) is 9.43. The van der Waals surface area contributed by atoms with E-state index in [1.54, 1.807) is 25.3 Å². The van der Waals surface area contributed by atoms with Gasteiger partial charge >= 0.3 is 0 Å². The summed E-state index contributed by atoms with van der Waals surface area (Å²) in [7, 11) is 1.54. The number of methoxy groups -OCH3 is 1. The molecule has 2 aromatic carbocycles. The first-order valence-electron chi connectivity index (χ1n) is 5.67. The van der Waals surface area contributed by atoms with Crippen molar-refractivity contribution in [3.8, 4) is 5.75 Å². The van der Waals surface area contributed by atoms with Crippen LogP contribution in [0, 0.1) is 5.82 Å². The second-order valence-electron chi connectivity index (χ2n) is 4.16. The van der Waals surface area contributed by atoms with E-state index in [2.05, 4.69) is 15.9 Å². The maximum atomic E-state index is 13.2. The molecule has 1 atom stereocenters. The Hall–Kier alpha value is -0.810. The van der Waals surface area contributed by atoms with Crippen LogP contribution in [0.2, 0.25) is 10.0 Å². The predicted molar refractivity (Wildman–Crippen MR) is 83.1 cm³/mol. The molecule has 0 fully saturated rings. The molecule has 20 heavy (non-hydrogen) atoms. The minimum atomic E-state index is -0.530. The van der Waals surface area contributed by atoms with E-state index in [1.807, 2.05) is 0 Å². The van der Waals surface area contributed by atoms with Crippen LogP contribution in [-0.2, 0) is 0 Å². The molecule has 0 aliphatic rings. The highest BCUT2D eigenvalue weighted by molar-refractivity contribution is 9.10. The average molecular weight is 379 g/mol. The Kier molecular flexibility index (Phi) is 4.91. The zero-order chi connectivity index (χ0) is 14.9. The van der Waals surface area contributed by atoms with Gasteiger partial charge in [-0.05, 0) is 45.8 Å². The lowest BCUT2D eigenvalue weighted by atomic mass is 9.98. The number of benzene rings is 2. The summed E-state index contributed by atoms with van der Waals surface area (Å²) in [4.78, 5) is 0. The van der Waals surface area contributed by atoms with Crippen molar-refractivity contribution in [2.45, 2.75) is 6.04 Å². The molecule has 0 amide bonds. The standard InChI is InChI=1S/C14H11BrCl2FNO/c1-20-14-9(5-8(16)6-10(14)15)13(19)7-2-3-12(18)11(17)4-7/h2-6,13H,19H2,1H3. The minimum absolute atomic E-state index is 0.0259. The van der Waals surface area contributed by atoms with Crippen LogP contribution in [0.15, 0.2) is 34.8 Å². The molecule has 2 nitrogen and oxygen atoms in total. The Morgan fingerprint density at radius 2 is 1.95 bits per heavy atom. The van der Waals surface area contributed by atoms with Crippen molar-refractivity contribution in [2.75, 3.05) is 7.11 Å². The summed E-state index contributed by atoms with van der Waals surface area (Å²) in [6.07, 6.45) is 0. The molecule has 106 valence electrons. The Morgan fingerprint density at radius 1 is 1.25 bits per heavy atom. The Labute approximate surface area is 134 Å². The molecular formula is C14H11BrCl2FNO. The van der Waals surface area contributed by atoms with Crippen molar-refractivity contribution in [3.05, 3.63) is 61.8 Å². The lowest BCUT2D eigenvalue weighted by molar-refractivity contribution is 0.405. The summed E-state index contributed by atoms with van der Waals surface area (Å²) >= 11 is 15.2. The van der Waals surface area contributed by atoms with Crippen molar-refractivity contribution in [3.63, 3.8) is 0 Å². The van der Waals surface area contributed by atoms with E-state index in [9.17, 15) is 4.39 Å². The van der Waals surface area contributed by atoms with Crippen LogP contribution in [-0.4, -0.2) is 7.11 Å². The molecule has 6 heteroatoms. The van der Waals surface area contributed by atoms with Crippen LogP contribution in [0.25, 0.3) is 0 Å². The first-order valence-corrected chi connectivity index (χ1v) is 7.22. The third kappa shape index (κ3) is 3.09. The number of hydrogen-bond donors (Lipinski definition) is 1. The second-order valence-corrected chi connectivity index (χ2v) is 5.86. The van der Waals surface area contributed by atoms with Crippen LogP contribution in [0.1, 0.15) is 17.2 Å². The number of hydrogen-bond acceptors (Lipinski definition) is 2. The van der Waals surface area contributed by atoms with Crippen LogP contribution in [0.5, 0.6) is 5.75 Å². The van der Waals surface area contributed by atoms with Gasteiger partial charge in [-0.1, -0.05) is 29.3 Å². The summed E-state index contributed by atoms with van der Waals surface area (Å²) in [5.74, 6) is 0.101. The quantitative estimate of drug-likeness (QED) is 0.819. The zero-order valence-electron chi connectivity index (χ0n) is 10.5. The minimum Gasteiger partial charge on any atom is -0.495 e. The number of ether oxygens (including phenoxy) is 1. The summed E-state index contributed by atoms with van der Waals surface area (Å²) in [5.41, 5.74) is 7.57. The Morgan fingerprint density at radius 3 is 2.55 bits per heavy atom. The molecule has 0 saturated heterocycles. The van der Waals surface area contributed by atoms with Crippen LogP contribution < -0.4 is 10.5 Å². The molecule has 0 aliphatic carbocycles. The molecule has 2 N–H and O–H groups in total. The molecule has 0 aliphatic heterocycles. The number of halogens is 4.